The summed E-state index contributed by atoms with van der Waals surface area (Å²) in [5.74, 6) is -1.03. The van der Waals surface area contributed by atoms with Crippen LogP contribution in [0.5, 0.6) is 0 Å². The van der Waals surface area contributed by atoms with Crippen molar-refractivity contribution in [2.24, 2.45) is 0 Å². The molecule has 2 aromatic heterocycles. The Labute approximate surface area is 77.6 Å². The van der Waals surface area contributed by atoms with E-state index in [0.29, 0.717) is 5.52 Å². The Bertz CT molecular complexity index is 480. The maximum Gasteiger partial charge on any atom is 0.339 e. The van der Waals surface area contributed by atoms with E-state index in [1.54, 1.807) is 0 Å². The van der Waals surface area contributed by atoms with Gasteiger partial charge in [0.05, 0.1) is 24.1 Å². The van der Waals surface area contributed by atoms with Crippen LogP contribution < -0.4 is 0 Å². The molecule has 0 spiro atoms. The quantitative estimate of drug-likeness (QED) is 0.743. The third-order valence-electron chi connectivity index (χ3n) is 1.60. The summed E-state index contributed by atoms with van der Waals surface area (Å²) in [6.45, 7) is 0. The molecule has 0 radical (unpaired) electrons. The van der Waals surface area contributed by atoms with Gasteiger partial charge in [-0.3, -0.25) is 0 Å². The lowest BCUT2D eigenvalue weighted by atomic mass is 10.3. The molecule has 0 bridgehead atoms. The summed E-state index contributed by atoms with van der Waals surface area (Å²) in [7, 11) is 0. The zero-order valence-corrected chi connectivity index (χ0v) is 7.06. The number of aromatic carboxylic acids is 1. The van der Waals surface area contributed by atoms with Gasteiger partial charge in [0.1, 0.15) is 10.7 Å². The number of carboxylic acid groups (broad SMARTS) is 1. The number of fused-ring (bicyclic) bond motifs is 1. The van der Waals surface area contributed by atoms with E-state index in [4.69, 9.17) is 16.7 Å². The van der Waals surface area contributed by atoms with Crippen molar-refractivity contribution < 1.29 is 9.90 Å². The second kappa shape index (κ2) is 2.70. The van der Waals surface area contributed by atoms with E-state index in [-0.39, 0.29) is 10.7 Å². The summed E-state index contributed by atoms with van der Waals surface area (Å²) in [5.41, 5.74) is 0.543. The molecule has 0 unspecified atom stereocenters. The summed E-state index contributed by atoms with van der Waals surface area (Å²) in [6, 6.07) is 0. The molecule has 0 aliphatic carbocycles. The first-order valence-corrected chi connectivity index (χ1v) is 3.78. The zero-order chi connectivity index (χ0) is 9.42. The van der Waals surface area contributed by atoms with Crippen molar-refractivity contribution in [3.63, 3.8) is 0 Å². The molecular formula is C7H4ClN3O2. The van der Waals surface area contributed by atoms with Crippen LogP contribution in [0.2, 0.25) is 5.15 Å². The Morgan fingerprint density at radius 2 is 2.31 bits per heavy atom. The molecule has 0 aromatic carbocycles. The van der Waals surface area contributed by atoms with E-state index in [1.165, 1.54) is 23.1 Å². The van der Waals surface area contributed by atoms with Crippen molar-refractivity contribution in [2.75, 3.05) is 0 Å². The summed E-state index contributed by atoms with van der Waals surface area (Å²) < 4.78 is 1.37. The molecule has 5 nitrogen and oxygen atoms in total. The summed E-state index contributed by atoms with van der Waals surface area (Å²) >= 11 is 5.59. The topological polar surface area (TPSA) is 67.5 Å². The van der Waals surface area contributed by atoms with Gasteiger partial charge in [-0.2, -0.15) is 5.10 Å². The van der Waals surface area contributed by atoms with Crippen LogP contribution in [0.25, 0.3) is 5.52 Å². The maximum absolute atomic E-state index is 10.6. The molecular weight excluding hydrogens is 194 g/mol. The van der Waals surface area contributed by atoms with E-state index >= 15 is 0 Å². The Morgan fingerprint density at radius 1 is 1.54 bits per heavy atom. The highest BCUT2D eigenvalue weighted by atomic mass is 35.5. The van der Waals surface area contributed by atoms with E-state index in [9.17, 15) is 4.79 Å². The van der Waals surface area contributed by atoms with Crippen molar-refractivity contribution in [1.29, 1.82) is 0 Å². The highest BCUT2D eigenvalue weighted by molar-refractivity contribution is 6.29. The fourth-order valence-electron chi connectivity index (χ4n) is 1.03. The minimum Gasteiger partial charge on any atom is -0.478 e. The van der Waals surface area contributed by atoms with Gasteiger partial charge in [0.25, 0.3) is 0 Å². The molecule has 2 heterocycles. The van der Waals surface area contributed by atoms with Crippen molar-refractivity contribution in [2.45, 2.75) is 0 Å². The van der Waals surface area contributed by atoms with Crippen LogP contribution in [-0.2, 0) is 0 Å². The van der Waals surface area contributed by atoms with E-state index in [2.05, 4.69) is 10.1 Å². The summed E-state index contributed by atoms with van der Waals surface area (Å²) in [5, 5.41) is 12.8. The van der Waals surface area contributed by atoms with Gasteiger partial charge in [-0.1, -0.05) is 11.6 Å². The van der Waals surface area contributed by atoms with E-state index in [1.807, 2.05) is 0 Å². The molecule has 2 rings (SSSR count). The highest BCUT2D eigenvalue weighted by Crippen LogP contribution is 2.11. The predicted molar refractivity (Wildman–Crippen MR) is 45.0 cm³/mol. The van der Waals surface area contributed by atoms with Gasteiger partial charge >= 0.3 is 5.97 Å². The van der Waals surface area contributed by atoms with Gasteiger partial charge in [-0.05, 0) is 0 Å². The number of carboxylic acids is 1. The summed E-state index contributed by atoms with van der Waals surface area (Å²) in [6.07, 6.45) is 4.08. The van der Waals surface area contributed by atoms with E-state index in [0.717, 1.165) is 0 Å². The van der Waals surface area contributed by atoms with Crippen molar-refractivity contribution in [3.8, 4) is 0 Å². The average Bonchev–Trinajstić information content (AvgIpc) is 2.46. The zero-order valence-electron chi connectivity index (χ0n) is 6.31. The van der Waals surface area contributed by atoms with Crippen LogP contribution >= 0.6 is 11.6 Å². The molecule has 2 aromatic rings. The van der Waals surface area contributed by atoms with Crippen LogP contribution in [0.15, 0.2) is 18.6 Å². The van der Waals surface area contributed by atoms with Crippen LogP contribution in [0.1, 0.15) is 10.4 Å². The number of hydrogen-bond donors (Lipinski definition) is 1. The molecule has 13 heavy (non-hydrogen) atoms. The second-order valence-electron chi connectivity index (χ2n) is 2.40. The first-order valence-electron chi connectivity index (χ1n) is 3.40. The lowest BCUT2D eigenvalue weighted by Gasteiger charge is -1.93. The van der Waals surface area contributed by atoms with Gasteiger partial charge < -0.3 is 5.11 Å². The molecule has 0 saturated carbocycles. The Hall–Kier alpha value is -1.62. The van der Waals surface area contributed by atoms with Crippen LogP contribution in [0, 0.1) is 0 Å². The first kappa shape index (κ1) is 8.00. The van der Waals surface area contributed by atoms with Gasteiger partial charge in [0.2, 0.25) is 0 Å². The Morgan fingerprint density at radius 3 is 3.00 bits per heavy atom. The number of nitrogens with zero attached hydrogens (tertiary/aromatic N) is 3. The fourth-order valence-corrected chi connectivity index (χ4v) is 1.17. The van der Waals surface area contributed by atoms with E-state index < -0.39 is 5.97 Å². The third kappa shape index (κ3) is 1.23. The molecule has 66 valence electrons. The monoisotopic (exact) mass is 197 g/mol. The normalized spacial score (nSPS) is 10.5. The summed E-state index contributed by atoms with van der Waals surface area (Å²) in [4.78, 5) is 14.4. The maximum atomic E-state index is 10.6. The lowest BCUT2D eigenvalue weighted by Crippen LogP contribution is -1.95. The van der Waals surface area contributed by atoms with Crippen LogP contribution in [0.3, 0.4) is 0 Å². The Balaban J connectivity index is 2.76. The average molecular weight is 198 g/mol. The van der Waals surface area contributed by atoms with Crippen molar-refractivity contribution in [3.05, 3.63) is 29.3 Å². The largest absolute Gasteiger partial charge is 0.478 e. The molecule has 0 amide bonds. The first-order chi connectivity index (χ1) is 6.18. The Kier molecular flexibility index (Phi) is 1.66. The van der Waals surface area contributed by atoms with Crippen LogP contribution in [0.4, 0.5) is 0 Å². The molecule has 1 N–H and O–H groups in total. The molecule has 0 aliphatic heterocycles. The molecule has 0 aliphatic rings. The molecule has 0 fully saturated rings. The highest BCUT2D eigenvalue weighted by Gasteiger charge is 2.10. The number of rotatable bonds is 1. The van der Waals surface area contributed by atoms with Gasteiger partial charge in [-0.25, -0.2) is 14.3 Å². The number of aromatic nitrogens is 3. The van der Waals surface area contributed by atoms with Crippen molar-refractivity contribution >= 4 is 23.1 Å². The SMILES string of the molecule is O=C(O)c1cnn2cc(Cl)ncc12. The number of halogens is 1. The van der Waals surface area contributed by atoms with Gasteiger partial charge in [-0.15, -0.1) is 0 Å². The predicted octanol–water partition coefficient (Wildman–Crippen LogP) is 1.08. The molecule has 6 heteroatoms. The minimum absolute atomic E-state index is 0.115. The molecule has 0 saturated heterocycles. The standard InChI is InChI=1S/C7H4ClN3O2/c8-6-3-11-5(2-9-6)4(1-10-11)7(12)13/h1-3H,(H,12,13). The minimum atomic E-state index is -1.03. The smallest absolute Gasteiger partial charge is 0.339 e. The number of carbonyl (C=O) groups is 1. The molecule has 0 atom stereocenters. The van der Waals surface area contributed by atoms with Crippen LogP contribution in [-0.4, -0.2) is 25.7 Å². The third-order valence-corrected chi connectivity index (χ3v) is 1.80. The van der Waals surface area contributed by atoms with Crippen molar-refractivity contribution in [1.82, 2.24) is 14.6 Å². The second-order valence-corrected chi connectivity index (χ2v) is 2.79. The fraction of sp³-hybridized carbons (Fsp3) is 0. The van der Waals surface area contributed by atoms with Gasteiger partial charge in [0, 0.05) is 0 Å². The van der Waals surface area contributed by atoms with Gasteiger partial charge in [0.15, 0.2) is 0 Å². The lowest BCUT2D eigenvalue weighted by molar-refractivity contribution is 0.0699. The number of hydrogen-bond acceptors (Lipinski definition) is 3.